The van der Waals surface area contributed by atoms with Crippen LogP contribution in [0.25, 0.3) is 11.4 Å². The van der Waals surface area contributed by atoms with Gasteiger partial charge in [-0.2, -0.15) is 5.10 Å². The van der Waals surface area contributed by atoms with Crippen LogP contribution < -0.4 is 0 Å². The summed E-state index contributed by atoms with van der Waals surface area (Å²) in [4.78, 5) is 21.0. The summed E-state index contributed by atoms with van der Waals surface area (Å²) in [7, 11) is 0. The summed E-state index contributed by atoms with van der Waals surface area (Å²) in [6.45, 7) is 1.00. The Balaban J connectivity index is 1.96. The molecule has 2 aromatic rings. The van der Waals surface area contributed by atoms with Gasteiger partial charge in [-0.1, -0.05) is 11.8 Å². The van der Waals surface area contributed by atoms with Crippen LogP contribution in [0.2, 0.25) is 0 Å². The fourth-order valence-corrected chi connectivity index (χ4v) is 3.28. The lowest BCUT2D eigenvalue weighted by molar-refractivity contribution is 0.0409. The van der Waals surface area contributed by atoms with Gasteiger partial charge in [0.1, 0.15) is 12.3 Å². The van der Waals surface area contributed by atoms with Crippen molar-refractivity contribution in [3.8, 4) is 11.4 Å². The zero-order valence-corrected chi connectivity index (χ0v) is 12.4. The minimum Gasteiger partial charge on any atom is -0.459 e. The number of ether oxygens (including phenoxy) is 1. The molecule has 2 aliphatic rings. The Morgan fingerprint density at radius 3 is 3.10 bits per heavy atom. The molecule has 0 N–H and O–H groups in total. The normalized spacial score (nSPS) is 16.5. The van der Waals surface area contributed by atoms with Crippen LogP contribution in [0.1, 0.15) is 28.0 Å². The molecule has 1 aliphatic carbocycles. The summed E-state index contributed by atoms with van der Waals surface area (Å²) < 4.78 is 6.94. The molecule has 0 atom stereocenters. The second-order valence-electron chi connectivity index (χ2n) is 5.12. The molecule has 3 heterocycles. The van der Waals surface area contributed by atoms with Crippen molar-refractivity contribution in [1.29, 1.82) is 0 Å². The number of nitrogens with zero attached hydrogens (tertiary/aromatic N) is 4. The topological polar surface area (TPSA) is 69.9 Å². The van der Waals surface area contributed by atoms with Gasteiger partial charge in [0, 0.05) is 11.8 Å². The Bertz CT molecular complexity index is 741. The van der Waals surface area contributed by atoms with Gasteiger partial charge in [-0.3, -0.25) is 4.68 Å². The molecule has 1 aliphatic heterocycles. The molecule has 0 spiro atoms. The van der Waals surface area contributed by atoms with E-state index in [4.69, 9.17) is 4.74 Å². The molecule has 0 saturated heterocycles. The first-order valence-corrected chi connectivity index (χ1v) is 8.17. The van der Waals surface area contributed by atoms with E-state index >= 15 is 0 Å². The number of carbonyl (C=O) groups is 1. The second-order valence-corrected chi connectivity index (χ2v) is 5.89. The van der Waals surface area contributed by atoms with Crippen LogP contribution in [-0.2, 0) is 24.1 Å². The lowest BCUT2D eigenvalue weighted by Gasteiger charge is -2.14. The van der Waals surface area contributed by atoms with Gasteiger partial charge in [-0.15, -0.1) is 0 Å². The van der Waals surface area contributed by atoms with E-state index < -0.39 is 0 Å². The fourth-order valence-electron chi connectivity index (χ4n) is 2.94. The highest BCUT2D eigenvalue weighted by Crippen LogP contribution is 2.33. The van der Waals surface area contributed by atoms with Gasteiger partial charge >= 0.3 is 5.97 Å². The molecular formula is C14H14N4O2S. The molecular weight excluding hydrogens is 288 g/mol. The van der Waals surface area contributed by atoms with Crippen molar-refractivity contribution in [3.05, 3.63) is 23.0 Å². The van der Waals surface area contributed by atoms with E-state index in [0.29, 0.717) is 18.8 Å². The minimum absolute atomic E-state index is 0.266. The van der Waals surface area contributed by atoms with Crippen LogP contribution >= 0.6 is 11.8 Å². The Morgan fingerprint density at radius 1 is 1.33 bits per heavy atom. The Hall–Kier alpha value is -1.89. The van der Waals surface area contributed by atoms with Gasteiger partial charge in [0.25, 0.3) is 0 Å². The predicted molar refractivity (Wildman–Crippen MR) is 77.3 cm³/mol. The molecule has 0 amide bonds. The first-order chi connectivity index (χ1) is 10.3. The number of fused-ring (bicyclic) bond motifs is 5. The average Bonchev–Trinajstić information content (AvgIpc) is 2.79. The van der Waals surface area contributed by atoms with E-state index in [9.17, 15) is 4.79 Å². The third kappa shape index (κ3) is 1.95. The van der Waals surface area contributed by atoms with Crippen molar-refractivity contribution in [3.63, 3.8) is 0 Å². The van der Waals surface area contributed by atoms with Gasteiger partial charge < -0.3 is 4.74 Å². The first kappa shape index (κ1) is 12.8. The number of thioether (sulfide) groups is 1. The summed E-state index contributed by atoms with van der Waals surface area (Å²) in [6, 6.07) is 0. The molecule has 0 aromatic carbocycles. The molecule has 7 heteroatoms. The monoisotopic (exact) mass is 302 g/mol. The summed E-state index contributed by atoms with van der Waals surface area (Å²) in [5, 5.41) is 5.37. The van der Waals surface area contributed by atoms with Crippen molar-refractivity contribution >= 4 is 17.7 Å². The summed E-state index contributed by atoms with van der Waals surface area (Å²) in [5.74, 6) is -0.266. The van der Waals surface area contributed by atoms with Gasteiger partial charge in [0.2, 0.25) is 0 Å². The maximum absolute atomic E-state index is 12.0. The highest BCUT2D eigenvalue weighted by atomic mass is 32.2. The van der Waals surface area contributed by atoms with Crippen molar-refractivity contribution < 1.29 is 9.53 Å². The first-order valence-electron chi connectivity index (χ1n) is 6.95. The zero-order chi connectivity index (χ0) is 14.4. The summed E-state index contributed by atoms with van der Waals surface area (Å²) in [6.07, 6.45) is 6.54. The van der Waals surface area contributed by atoms with Crippen molar-refractivity contribution in [1.82, 2.24) is 19.7 Å². The van der Waals surface area contributed by atoms with E-state index in [1.54, 1.807) is 4.68 Å². The van der Waals surface area contributed by atoms with E-state index in [1.807, 2.05) is 12.5 Å². The molecule has 2 aromatic heterocycles. The number of cyclic esters (lactones) is 1. The van der Waals surface area contributed by atoms with Gasteiger partial charge in [0.05, 0.1) is 12.2 Å². The lowest BCUT2D eigenvalue weighted by atomic mass is 10.1. The Kier molecular flexibility index (Phi) is 2.95. The lowest BCUT2D eigenvalue weighted by Crippen LogP contribution is -2.24. The van der Waals surface area contributed by atoms with Crippen LogP contribution in [0.3, 0.4) is 0 Å². The molecule has 0 saturated carbocycles. The van der Waals surface area contributed by atoms with Gasteiger partial charge in [-0.25, -0.2) is 14.8 Å². The van der Waals surface area contributed by atoms with Crippen LogP contribution in [0.5, 0.6) is 0 Å². The molecule has 4 rings (SSSR count). The highest BCUT2D eigenvalue weighted by molar-refractivity contribution is 7.98. The van der Waals surface area contributed by atoms with Gasteiger partial charge in [-0.05, 0) is 31.1 Å². The molecule has 0 unspecified atom stereocenters. The smallest absolute Gasteiger partial charge is 0.356 e. The van der Waals surface area contributed by atoms with E-state index in [2.05, 4.69) is 15.1 Å². The van der Waals surface area contributed by atoms with E-state index in [1.165, 1.54) is 11.8 Å². The Labute approximate surface area is 125 Å². The number of carbonyl (C=O) groups excluding carboxylic acids is 1. The SMILES string of the molecule is CSc1ncc2c(n1)-c1nn3c(c1CCC2)C(=O)OCC3. The molecule has 0 radical (unpaired) electrons. The molecule has 6 nitrogen and oxygen atoms in total. The number of hydrogen-bond donors (Lipinski definition) is 0. The molecule has 0 bridgehead atoms. The summed E-state index contributed by atoms with van der Waals surface area (Å²) >= 11 is 1.51. The molecule has 21 heavy (non-hydrogen) atoms. The van der Waals surface area contributed by atoms with Crippen molar-refractivity contribution in [2.24, 2.45) is 0 Å². The standard InChI is InChI=1S/C14H14N4O2S/c1-21-14-15-7-8-3-2-4-9-11(10(8)16-14)17-18-5-6-20-13(19)12(9)18/h7H,2-6H2,1H3. The van der Waals surface area contributed by atoms with Crippen LogP contribution in [-0.4, -0.2) is 38.6 Å². The minimum atomic E-state index is -0.266. The van der Waals surface area contributed by atoms with Crippen molar-refractivity contribution in [2.45, 2.75) is 31.0 Å². The maximum Gasteiger partial charge on any atom is 0.356 e. The predicted octanol–water partition coefficient (Wildman–Crippen LogP) is 1.72. The third-order valence-corrected chi connectivity index (χ3v) is 4.46. The third-order valence-electron chi connectivity index (χ3n) is 3.90. The fraction of sp³-hybridized carbons (Fsp3) is 0.429. The van der Waals surface area contributed by atoms with Crippen LogP contribution in [0.15, 0.2) is 11.4 Å². The van der Waals surface area contributed by atoms with E-state index in [0.717, 1.165) is 46.9 Å². The summed E-state index contributed by atoms with van der Waals surface area (Å²) in [5.41, 5.74) is 4.39. The second kappa shape index (κ2) is 4.84. The van der Waals surface area contributed by atoms with Crippen LogP contribution in [0.4, 0.5) is 0 Å². The molecule has 108 valence electrons. The number of esters is 1. The van der Waals surface area contributed by atoms with Gasteiger partial charge in [0.15, 0.2) is 10.9 Å². The van der Waals surface area contributed by atoms with Crippen molar-refractivity contribution in [2.75, 3.05) is 12.9 Å². The largest absolute Gasteiger partial charge is 0.459 e. The zero-order valence-electron chi connectivity index (χ0n) is 11.6. The number of aromatic nitrogens is 4. The maximum atomic E-state index is 12.0. The van der Waals surface area contributed by atoms with E-state index in [-0.39, 0.29) is 5.97 Å². The Morgan fingerprint density at radius 2 is 2.24 bits per heavy atom. The van der Waals surface area contributed by atoms with Crippen LogP contribution in [0, 0.1) is 0 Å². The number of aryl methyl sites for hydroxylation is 1. The average molecular weight is 302 g/mol. The quantitative estimate of drug-likeness (QED) is 0.454. The number of rotatable bonds is 1. The molecule has 0 fully saturated rings. The highest BCUT2D eigenvalue weighted by Gasteiger charge is 2.31. The number of hydrogen-bond acceptors (Lipinski definition) is 6.